The van der Waals surface area contributed by atoms with Crippen LogP contribution < -0.4 is 0 Å². The van der Waals surface area contributed by atoms with Gasteiger partial charge in [0.2, 0.25) is 11.8 Å². The van der Waals surface area contributed by atoms with Crippen molar-refractivity contribution in [2.45, 2.75) is 50.9 Å². The SMILES string of the molecule is Cn1cc(C[C@@H]2CCN(C(=O)CCCc3nc(C4CC4)no3)C2)cn1. The van der Waals surface area contributed by atoms with Gasteiger partial charge in [0.15, 0.2) is 5.82 Å². The third-order valence-corrected chi connectivity index (χ3v) is 5.13. The lowest BCUT2D eigenvalue weighted by Gasteiger charge is -2.16. The van der Waals surface area contributed by atoms with Gasteiger partial charge in [0, 0.05) is 45.1 Å². The van der Waals surface area contributed by atoms with Gasteiger partial charge in [-0.15, -0.1) is 0 Å². The zero-order chi connectivity index (χ0) is 17.2. The maximum atomic E-state index is 12.4. The Labute approximate surface area is 147 Å². The Morgan fingerprint density at radius 2 is 2.24 bits per heavy atom. The number of carbonyl (C=O) groups is 1. The summed E-state index contributed by atoms with van der Waals surface area (Å²) in [6.45, 7) is 1.73. The second kappa shape index (κ2) is 6.98. The van der Waals surface area contributed by atoms with Crippen molar-refractivity contribution in [3.8, 4) is 0 Å². The highest BCUT2D eigenvalue weighted by molar-refractivity contribution is 5.76. The van der Waals surface area contributed by atoms with Crippen LogP contribution in [0.25, 0.3) is 0 Å². The van der Waals surface area contributed by atoms with E-state index in [2.05, 4.69) is 21.4 Å². The number of likely N-dealkylation sites (tertiary alicyclic amines) is 1. The summed E-state index contributed by atoms with van der Waals surface area (Å²) in [7, 11) is 1.94. The Morgan fingerprint density at radius 3 is 3.00 bits per heavy atom. The molecule has 0 radical (unpaired) electrons. The van der Waals surface area contributed by atoms with Gasteiger partial charge in [-0.2, -0.15) is 10.1 Å². The van der Waals surface area contributed by atoms with Gasteiger partial charge in [-0.3, -0.25) is 9.48 Å². The number of hydrogen-bond acceptors (Lipinski definition) is 5. The van der Waals surface area contributed by atoms with Crippen LogP contribution in [-0.2, 0) is 24.7 Å². The van der Waals surface area contributed by atoms with Gasteiger partial charge < -0.3 is 9.42 Å². The van der Waals surface area contributed by atoms with Gasteiger partial charge in [-0.1, -0.05) is 5.16 Å². The summed E-state index contributed by atoms with van der Waals surface area (Å²) in [5, 5.41) is 8.23. The summed E-state index contributed by atoms with van der Waals surface area (Å²) < 4.78 is 7.10. The van der Waals surface area contributed by atoms with Crippen LogP contribution in [0.5, 0.6) is 0 Å². The van der Waals surface area contributed by atoms with Crippen LogP contribution in [-0.4, -0.2) is 43.8 Å². The number of aryl methyl sites for hydroxylation is 2. The van der Waals surface area contributed by atoms with E-state index in [0.29, 0.717) is 30.6 Å². The molecular formula is C18H25N5O2. The molecule has 1 amide bonds. The fourth-order valence-electron chi connectivity index (χ4n) is 3.56. The molecule has 4 rings (SSSR count). The maximum absolute atomic E-state index is 12.4. The van der Waals surface area contributed by atoms with E-state index >= 15 is 0 Å². The molecule has 1 aliphatic carbocycles. The van der Waals surface area contributed by atoms with Crippen molar-refractivity contribution < 1.29 is 9.32 Å². The predicted molar refractivity (Wildman–Crippen MR) is 90.8 cm³/mol. The van der Waals surface area contributed by atoms with Crippen LogP contribution >= 0.6 is 0 Å². The second-order valence-electron chi connectivity index (χ2n) is 7.39. The lowest BCUT2D eigenvalue weighted by Crippen LogP contribution is -2.28. The minimum Gasteiger partial charge on any atom is -0.342 e. The fourth-order valence-corrected chi connectivity index (χ4v) is 3.56. The molecule has 1 saturated heterocycles. The van der Waals surface area contributed by atoms with Crippen molar-refractivity contribution in [1.82, 2.24) is 24.8 Å². The van der Waals surface area contributed by atoms with Crippen molar-refractivity contribution in [2.24, 2.45) is 13.0 Å². The number of amides is 1. The van der Waals surface area contributed by atoms with Gasteiger partial charge in [-0.25, -0.2) is 0 Å². The maximum Gasteiger partial charge on any atom is 0.226 e. The summed E-state index contributed by atoms with van der Waals surface area (Å²) in [5.41, 5.74) is 1.25. The molecular weight excluding hydrogens is 318 g/mol. The molecule has 0 bridgehead atoms. The number of aromatic nitrogens is 4. The highest BCUT2D eigenvalue weighted by atomic mass is 16.5. The third kappa shape index (κ3) is 4.08. The highest BCUT2D eigenvalue weighted by Crippen LogP contribution is 2.38. The lowest BCUT2D eigenvalue weighted by molar-refractivity contribution is -0.130. The molecule has 2 fully saturated rings. The quantitative estimate of drug-likeness (QED) is 0.769. The fraction of sp³-hybridized carbons (Fsp3) is 0.667. The normalized spacial score (nSPS) is 20.4. The van der Waals surface area contributed by atoms with Crippen LogP contribution in [0.3, 0.4) is 0 Å². The van der Waals surface area contributed by atoms with E-state index < -0.39 is 0 Å². The molecule has 1 aliphatic heterocycles. The molecule has 0 aromatic carbocycles. The van der Waals surface area contributed by atoms with E-state index in [1.54, 1.807) is 0 Å². The van der Waals surface area contributed by atoms with E-state index in [1.807, 2.05) is 22.8 Å². The van der Waals surface area contributed by atoms with Gasteiger partial charge >= 0.3 is 0 Å². The molecule has 0 spiro atoms. The van der Waals surface area contributed by atoms with Crippen LogP contribution in [0.15, 0.2) is 16.9 Å². The van der Waals surface area contributed by atoms with Crippen molar-refractivity contribution in [3.05, 3.63) is 29.7 Å². The summed E-state index contributed by atoms with van der Waals surface area (Å²) >= 11 is 0. The van der Waals surface area contributed by atoms with Gasteiger partial charge in [-0.05, 0) is 43.6 Å². The first-order valence-corrected chi connectivity index (χ1v) is 9.25. The monoisotopic (exact) mass is 343 g/mol. The molecule has 2 aliphatic rings. The number of carbonyl (C=O) groups excluding carboxylic acids is 1. The minimum absolute atomic E-state index is 0.246. The topological polar surface area (TPSA) is 77.0 Å². The Morgan fingerprint density at radius 1 is 1.36 bits per heavy atom. The Balaban J connectivity index is 1.19. The zero-order valence-electron chi connectivity index (χ0n) is 14.7. The Hall–Kier alpha value is -2.18. The number of rotatable bonds is 7. The molecule has 7 nitrogen and oxygen atoms in total. The van der Waals surface area contributed by atoms with E-state index in [9.17, 15) is 4.79 Å². The van der Waals surface area contributed by atoms with Crippen molar-refractivity contribution >= 4 is 5.91 Å². The summed E-state index contributed by atoms with van der Waals surface area (Å²) in [4.78, 5) is 18.8. The van der Waals surface area contributed by atoms with Crippen LogP contribution in [0.4, 0.5) is 0 Å². The van der Waals surface area contributed by atoms with Crippen LogP contribution in [0.1, 0.15) is 55.3 Å². The molecule has 1 atom stereocenters. The summed E-state index contributed by atoms with van der Waals surface area (Å²) in [6, 6.07) is 0. The van der Waals surface area contributed by atoms with Crippen molar-refractivity contribution in [2.75, 3.05) is 13.1 Å². The molecule has 0 unspecified atom stereocenters. The molecule has 2 aromatic rings. The molecule has 1 saturated carbocycles. The number of nitrogens with zero attached hydrogens (tertiary/aromatic N) is 5. The third-order valence-electron chi connectivity index (χ3n) is 5.13. The summed E-state index contributed by atoms with van der Waals surface area (Å²) in [5.74, 6) is 2.82. The van der Waals surface area contributed by atoms with Crippen LogP contribution in [0, 0.1) is 5.92 Å². The zero-order valence-corrected chi connectivity index (χ0v) is 14.7. The molecule has 3 heterocycles. The average Bonchev–Trinajstić information content (AvgIpc) is 2.97. The minimum atomic E-state index is 0.246. The first-order chi connectivity index (χ1) is 12.2. The molecule has 0 N–H and O–H groups in total. The van der Waals surface area contributed by atoms with E-state index in [0.717, 1.165) is 38.2 Å². The van der Waals surface area contributed by atoms with Gasteiger partial charge in [0.05, 0.1) is 6.20 Å². The van der Waals surface area contributed by atoms with Gasteiger partial charge in [0.1, 0.15) is 0 Å². The lowest BCUT2D eigenvalue weighted by atomic mass is 10.0. The summed E-state index contributed by atoms with van der Waals surface area (Å²) in [6.07, 6.45) is 10.4. The van der Waals surface area contributed by atoms with E-state index in [4.69, 9.17) is 4.52 Å². The van der Waals surface area contributed by atoms with Crippen molar-refractivity contribution in [1.29, 1.82) is 0 Å². The van der Waals surface area contributed by atoms with Crippen LogP contribution in [0.2, 0.25) is 0 Å². The Kier molecular flexibility index (Phi) is 4.55. The molecule has 25 heavy (non-hydrogen) atoms. The largest absolute Gasteiger partial charge is 0.342 e. The number of hydrogen-bond donors (Lipinski definition) is 0. The van der Waals surface area contributed by atoms with E-state index in [-0.39, 0.29) is 5.91 Å². The second-order valence-corrected chi connectivity index (χ2v) is 7.39. The first-order valence-electron chi connectivity index (χ1n) is 9.25. The molecule has 7 heteroatoms. The first kappa shape index (κ1) is 16.3. The standard InChI is InChI=1S/C18H25N5O2/c1-22-11-14(10-19-22)9-13-7-8-23(12-13)17(24)4-2-3-16-20-18(21-25-16)15-5-6-15/h10-11,13,15H,2-9,12H2,1H3/t13-/m0/s1. The Bertz CT molecular complexity index is 733. The average molecular weight is 343 g/mol. The van der Waals surface area contributed by atoms with Gasteiger partial charge in [0.25, 0.3) is 0 Å². The smallest absolute Gasteiger partial charge is 0.226 e. The van der Waals surface area contributed by atoms with E-state index in [1.165, 1.54) is 18.4 Å². The molecule has 2 aromatic heterocycles. The highest BCUT2D eigenvalue weighted by Gasteiger charge is 2.29. The van der Waals surface area contributed by atoms with Crippen molar-refractivity contribution in [3.63, 3.8) is 0 Å². The predicted octanol–water partition coefficient (Wildman–Crippen LogP) is 2.09. The molecule has 134 valence electrons.